The molecule has 1 aromatic carbocycles. The zero-order chi connectivity index (χ0) is 12.3. The van der Waals surface area contributed by atoms with Crippen molar-refractivity contribution in [2.75, 3.05) is 0 Å². The van der Waals surface area contributed by atoms with Crippen molar-refractivity contribution in [1.29, 1.82) is 0 Å². The second kappa shape index (κ2) is 5.50. The van der Waals surface area contributed by atoms with Crippen LogP contribution in [0, 0.1) is 0 Å². The largest absolute Gasteiger partial charge is 0.452 e. The van der Waals surface area contributed by atoms with Gasteiger partial charge in [-0.15, -0.1) is 0 Å². The molecule has 0 saturated carbocycles. The topological polar surface area (TPSA) is 30.2 Å². The molecular weight excluding hydrogens is 280 g/mol. The lowest BCUT2D eigenvalue weighted by Gasteiger charge is -1.95. The monoisotopic (exact) mass is 294 g/mol. The number of ketones is 1. The summed E-state index contributed by atoms with van der Waals surface area (Å²) in [4.78, 5) is 11.9. The van der Waals surface area contributed by atoms with E-state index in [0.29, 0.717) is 12.2 Å². The zero-order valence-electron chi connectivity index (χ0n) is 9.83. The van der Waals surface area contributed by atoms with Gasteiger partial charge in [0.15, 0.2) is 11.5 Å². The molecule has 0 amide bonds. The zero-order valence-corrected chi connectivity index (χ0v) is 11.4. The summed E-state index contributed by atoms with van der Waals surface area (Å²) >= 11 is 3.42. The van der Waals surface area contributed by atoms with Crippen molar-refractivity contribution < 1.29 is 9.21 Å². The van der Waals surface area contributed by atoms with Crippen molar-refractivity contribution in [2.45, 2.75) is 32.6 Å². The number of unbranched alkanes of at least 4 members (excludes halogenated alkanes) is 2. The van der Waals surface area contributed by atoms with Crippen LogP contribution in [0.4, 0.5) is 0 Å². The molecular formula is C14H15BrO2. The third-order valence-corrected chi connectivity index (χ3v) is 3.40. The quantitative estimate of drug-likeness (QED) is 0.576. The number of para-hydroxylation sites is 1. The van der Waals surface area contributed by atoms with Gasteiger partial charge in [-0.05, 0) is 34.5 Å². The van der Waals surface area contributed by atoms with Crippen LogP contribution >= 0.6 is 15.9 Å². The van der Waals surface area contributed by atoms with Crippen LogP contribution in [0.15, 0.2) is 33.2 Å². The summed E-state index contributed by atoms with van der Waals surface area (Å²) in [7, 11) is 0. The van der Waals surface area contributed by atoms with Crippen LogP contribution in [-0.2, 0) is 0 Å². The van der Waals surface area contributed by atoms with Crippen molar-refractivity contribution in [3.63, 3.8) is 0 Å². The maximum absolute atomic E-state index is 11.9. The second-order valence-electron chi connectivity index (χ2n) is 4.15. The van der Waals surface area contributed by atoms with E-state index in [2.05, 4.69) is 22.9 Å². The average Bonchev–Trinajstić information content (AvgIpc) is 2.75. The fourth-order valence-corrected chi connectivity index (χ4v) is 2.29. The lowest BCUT2D eigenvalue weighted by molar-refractivity contribution is 0.0954. The first kappa shape index (κ1) is 12.4. The maximum Gasteiger partial charge on any atom is 0.198 e. The van der Waals surface area contributed by atoms with Crippen molar-refractivity contribution in [2.24, 2.45) is 0 Å². The first-order valence-corrected chi connectivity index (χ1v) is 6.73. The van der Waals surface area contributed by atoms with Crippen LogP contribution in [0.1, 0.15) is 43.2 Å². The van der Waals surface area contributed by atoms with Crippen LogP contribution in [0.25, 0.3) is 11.0 Å². The summed E-state index contributed by atoms with van der Waals surface area (Å²) in [5.41, 5.74) is 0.756. The molecule has 0 aliphatic rings. The van der Waals surface area contributed by atoms with Crippen molar-refractivity contribution in [3.8, 4) is 0 Å². The number of carbonyl (C=O) groups excluding carboxylic acids is 1. The normalized spacial score (nSPS) is 10.9. The van der Waals surface area contributed by atoms with Gasteiger partial charge in [0.2, 0.25) is 0 Å². The molecule has 0 spiro atoms. The molecule has 0 aliphatic carbocycles. The highest BCUT2D eigenvalue weighted by Gasteiger charge is 2.12. The smallest absolute Gasteiger partial charge is 0.198 e. The van der Waals surface area contributed by atoms with Crippen molar-refractivity contribution >= 4 is 32.7 Å². The van der Waals surface area contributed by atoms with Gasteiger partial charge in [-0.2, -0.15) is 0 Å². The number of benzene rings is 1. The van der Waals surface area contributed by atoms with Crippen LogP contribution in [0.5, 0.6) is 0 Å². The van der Waals surface area contributed by atoms with Crippen molar-refractivity contribution in [1.82, 2.24) is 0 Å². The molecule has 17 heavy (non-hydrogen) atoms. The minimum Gasteiger partial charge on any atom is -0.452 e. The lowest BCUT2D eigenvalue weighted by atomic mass is 10.1. The van der Waals surface area contributed by atoms with E-state index in [1.54, 1.807) is 0 Å². The Kier molecular flexibility index (Phi) is 4.00. The van der Waals surface area contributed by atoms with Crippen LogP contribution in [0.2, 0.25) is 0 Å². The maximum atomic E-state index is 11.9. The Balaban J connectivity index is 2.19. The third kappa shape index (κ3) is 2.78. The minimum absolute atomic E-state index is 0.0987. The fraction of sp³-hybridized carbons (Fsp3) is 0.357. The molecule has 90 valence electrons. The number of hydrogen-bond acceptors (Lipinski definition) is 2. The van der Waals surface area contributed by atoms with Gasteiger partial charge in [-0.3, -0.25) is 4.79 Å². The van der Waals surface area contributed by atoms with E-state index in [1.165, 1.54) is 0 Å². The van der Waals surface area contributed by atoms with E-state index in [-0.39, 0.29) is 5.78 Å². The molecule has 2 rings (SSSR count). The number of halogens is 1. The Bertz CT molecular complexity index is 528. The van der Waals surface area contributed by atoms with Crippen molar-refractivity contribution in [3.05, 3.63) is 34.5 Å². The molecule has 0 N–H and O–H groups in total. The number of furan rings is 1. The van der Waals surface area contributed by atoms with Gasteiger partial charge in [0, 0.05) is 11.8 Å². The Morgan fingerprint density at radius 1 is 1.35 bits per heavy atom. The first-order chi connectivity index (χ1) is 8.22. The van der Waals surface area contributed by atoms with E-state index in [4.69, 9.17) is 4.42 Å². The lowest BCUT2D eigenvalue weighted by Crippen LogP contribution is -1.96. The number of fused-ring (bicyclic) bond motifs is 1. The molecule has 2 nitrogen and oxygen atoms in total. The van der Waals surface area contributed by atoms with Crippen LogP contribution in [0.3, 0.4) is 0 Å². The van der Waals surface area contributed by atoms with Gasteiger partial charge < -0.3 is 4.42 Å². The Hall–Kier alpha value is -1.09. The van der Waals surface area contributed by atoms with Gasteiger partial charge in [0.1, 0.15) is 5.58 Å². The van der Waals surface area contributed by atoms with Gasteiger partial charge in [-0.25, -0.2) is 0 Å². The highest BCUT2D eigenvalue weighted by atomic mass is 79.9. The minimum atomic E-state index is 0.0987. The van der Waals surface area contributed by atoms with E-state index >= 15 is 0 Å². The first-order valence-electron chi connectivity index (χ1n) is 5.93. The van der Waals surface area contributed by atoms with Crippen LogP contribution in [-0.4, -0.2) is 5.78 Å². The molecule has 0 radical (unpaired) electrons. The molecule has 1 aromatic heterocycles. The Morgan fingerprint density at radius 2 is 2.18 bits per heavy atom. The molecule has 0 aliphatic heterocycles. The van der Waals surface area contributed by atoms with E-state index < -0.39 is 0 Å². The number of hydrogen-bond donors (Lipinski definition) is 0. The Labute approximate surface area is 109 Å². The summed E-state index contributed by atoms with van der Waals surface area (Å²) < 4.78 is 6.49. The third-order valence-electron chi connectivity index (χ3n) is 2.78. The second-order valence-corrected chi connectivity index (χ2v) is 5.00. The molecule has 2 aromatic rings. The predicted molar refractivity (Wildman–Crippen MR) is 72.4 cm³/mol. The summed E-state index contributed by atoms with van der Waals surface area (Å²) in [5.74, 6) is 0.574. The van der Waals surface area contributed by atoms with E-state index in [9.17, 15) is 4.79 Å². The summed E-state index contributed by atoms with van der Waals surface area (Å²) in [5, 5.41) is 0.971. The summed E-state index contributed by atoms with van der Waals surface area (Å²) in [6.07, 6.45) is 3.73. The molecule has 1 heterocycles. The van der Waals surface area contributed by atoms with Crippen LogP contribution < -0.4 is 0 Å². The molecule has 0 atom stereocenters. The SMILES string of the molecule is CCCCCC(=O)c1cc2cccc(Br)c2o1. The molecule has 0 bridgehead atoms. The highest BCUT2D eigenvalue weighted by Crippen LogP contribution is 2.27. The highest BCUT2D eigenvalue weighted by molar-refractivity contribution is 9.10. The van der Waals surface area contributed by atoms with Gasteiger partial charge in [-0.1, -0.05) is 31.9 Å². The van der Waals surface area contributed by atoms with E-state index in [1.807, 2.05) is 24.3 Å². The number of rotatable bonds is 5. The molecule has 0 unspecified atom stereocenters. The standard InChI is InChI=1S/C14H15BrO2/c1-2-3-4-8-12(16)13-9-10-6-5-7-11(15)14(10)17-13/h5-7,9H,2-4,8H2,1H3. The fourth-order valence-electron chi connectivity index (χ4n) is 1.82. The number of carbonyl (C=O) groups is 1. The van der Waals surface area contributed by atoms with Gasteiger partial charge >= 0.3 is 0 Å². The van der Waals surface area contributed by atoms with E-state index in [0.717, 1.165) is 34.7 Å². The summed E-state index contributed by atoms with van der Waals surface area (Å²) in [6.45, 7) is 2.13. The molecule has 0 saturated heterocycles. The summed E-state index contributed by atoms with van der Waals surface area (Å²) in [6, 6.07) is 7.63. The van der Waals surface area contributed by atoms with Gasteiger partial charge in [0.05, 0.1) is 4.47 Å². The molecule has 0 fully saturated rings. The number of Topliss-reactive ketones (excluding diaryl/α,β-unsaturated/α-hetero) is 1. The molecule has 3 heteroatoms. The Morgan fingerprint density at radius 3 is 2.88 bits per heavy atom. The predicted octanol–water partition coefficient (Wildman–Crippen LogP) is 4.96. The van der Waals surface area contributed by atoms with Gasteiger partial charge in [0.25, 0.3) is 0 Å². The average molecular weight is 295 g/mol.